The third-order valence-corrected chi connectivity index (χ3v) is 2.85. The average molecular weight is 256 g/mol. The van der Waals surface area contributed by atoms with Crippen LogP contribution in [0.25, 0.3) is 11.3 Å². The highest BCUT2D eigenvalue weighted by Crippen LogP contribution is 2.23. The number of aromatic nitrogens is 2. The molecule has 0 fully saturated rings. The maximum atomic E-state index is 11.2. The molecule has 0 radical (unpaired) electrons. The van der Waals surface area contributed by atoms with Gasteiger partial charge in [0.2, 0.25) is 5.88 Å². The molecule has 0 bridgehead atoms. The normalized spacial score (nSPS) is 10.3. The topological polar surface area (TPSA) is 52.1 Å². The standard InChI is InChI=1S/C15H16N2O2/c1-10-6-15(19-3)17-9-13(10)14-8-12(4-5-16-14)7-11(2)18/h4-6,8-9H,7H2,1-3H3. The van der Waals surface area contributed by atoms with Crippen LogP contribution in [0.3, 0.4) is 0 Å². The van der Waals surface area contributed by atoms with Crippen LogP contribution in [-0.2, 0) is 11.2 Å². The molecule has 2 aromatic rings. The molecule has 2 aromatic heterocycles. The van der Waals surface area contributed by atoms with Gasteiger partial charge in [0.05, 0.1) is 12.8 Å². The smallest absolute Gasteiger partial charge is 0.213 e. The van der Waals surface area contributed by atoms with Gasteiger partial charge < -0.3 is 4.74 Å². The third-order valence-electron chi connectivity index (χ3n) is 2.85. The zero-order valence-corrected chi connectivity index (χ0v) is 11.3. The van der Waals surface area contributed by atoms with Crippen molar-refractivity contribution >= 4 is 5.78 Å². The fourth-order valence-electron chi connectivity index (χ4n) is 1.93. The fourth-order valence-corrected chi connectivity index (χ4v) is 1.93. The molecule has 0 aliphatic carbocycles. The number of hydrogen-bond acceptors (Lipinski definition) is 4. The summed E-state index contributed by atoms with van der Waals surface area (Å²) >= 11 is 0. The van der Waals surface area contributed by atoms with Crippen LogP contribution in [0.15, 0.2) is 30.6 Å². The number of methoxy groups -OCH3 is 1. The van der Waals surface area contributed by atoms with Crippen molar-refractivity contribution in [3.63, 3.8) is 0 Å². The second kappa shape index (κ2) is 5.61. The van der Waals surface area contributed by atoms with Gasteiger partial charge in [-0.1, -0.05) is 0 Å². The van der Waals surface area contributed by atoms with Crippen LogP contribution in [0, 0.1) is 6.92 Å². The van der Waals surface area contributed by atoms with E-state index in [2.05, 4.69) is 9.97 Å². The number of aryl methyl sites for hydroxylation is 1. The Labute approximate surface area is 112 Å². The molecular weight excluding hydrogens is 240 g/mol. The van der Waals surface area contributed by atoms with Gasteiger partial charge in [-0.2, -0.15) is 0 Å². The maximum Gasteiger partial charge on any atom is 0.213 e. The van der Waals surface area contributed by atoms with Crippen molar-refractivity contribution in [2.24, 2.45) is 0 Å². The molecule has 2 heterocycles. The molecule has 2 rings (SSSR count). The molecular formula is C15H16N2O2. The van der Waals surface area contributed by atoms with Gasteiger partial charge in [0.15, 0.2) is 0 Å². The molecule has 0 saturated carbocycles. The SMILES string of the molecule is COc1cc(C)c(-c2cc(CC(C)=O)ccn2)cn1. The van der Waals surface area contributed by atoms with Gasteiger partial charge >= 0.3 is 0 Å². The number of carbonyl (C=O) groups excluding carboxylic acids is 1. The second-order valence-electron chi connectivity index (χ2n) is 4.47. The number of nitrogens with zero attached hydrogens (tertiary/aromatic N) is 2. The van der Waals surface area contributed by atoms with Crippen molar-refractivity contribution in [3.05, 3.63) is 41.7 Å². The molecule has 19 heavy (non-hydrogen) atoms. The molecule has 0 aromatic carbocycles. The molecule has 98 valence electrons. The summed E-state index contributed by atoms with van der Waals surface area (Å²) in [7, 11) is 1.59. The molecule has 0 amide bonds. The largest absolute Gasteiger partial charge is 0.481 e. The van der Waals surface area contributed by atoms with Crippen molar-refractivity contribution < 1.29 is 9.53 Å². The fraction of sp³-hybridized carbons (Fsp3) is 0.267. The summed E-state index contributed by atoms with van der Waals surface area (Å²) in [6.45, 7) is 3.57. The first-order chi connectivity index (χ1) is 9.10. The number of rotatable bonds is 4. The highest BCUT2D eigenvalue weighted by Gasteiger charge is 2.07. The number of pyridine rings is 2. The number of ketones is 1. The monoisotopic (exact) mass is 256 g/mol. The van der Waals surface area contributed by atoms with Gasteiger partial charge in [0.1, 0.15) is 5.78 Å². The predicted molar refractivity (Wildman–Crippen MR) is 73.1 cm³/mol. The van der Waals surface area contributed by atoms with Gasteiger partial charge in [0.25, 0.3) is 0 Å². The molecule has 0 saturated heterocycles. The van der Waals surface area contributed by atoms with Gasteiger partial charge in [0, 0.05) is 30.4 Å². The first-order valence-corrected chi connectivity index (χ1v) is 6.05. The molecule has 4 heteroatoms. The number of Topliss-reactive ketones (excluding diaryl/α,β-unsaturated/α-hetero) is 1. The lowest BCUT2D eigenvalue weighted by molar-refractivity contribution is -0.116. The van der Waals surface area contributed by atoms with Crippen LogP contribution in [-0.4, -0.2) is 22.9 Å². The van der Waals surface area contributed by atoms with Gasteiger partial charge in [-0.25, -0.2) is 4.98 Å². The van der Waals surface area contributed by atoms with E-state index >= 15 is 0 Å². The lowest BCUT2D eigenvalue weighted by Gasteiger charge is -2.08. The lowest BCUT2D eigenvalue weighted by Crippen LogP contribution is -1.98. The Bertz CT molecular complexity index is 609. The third kappa shape index (κ3) is 3.16. The minimum absolute atomic E-state index is 0.140. The Morgan fingerprint density at radius 3 is 2.74 bits per heavy atom. The summed E-state index contributed by atoms with van der Waals surface area (Å²) < 4.78 is 5.09. The number of carbonyl (C=O) groups is 1. The summed E-state index contributed by atoms with van der Waals surface area (Å²) in [5, 5.41) is 0. The van der Waals surface area contributed by atoms with E-state index in [0.717, 1.165) is 22.4 Å². The molecule has 0 unspecified atom stereocenters. The summed E-state index contributed by atoms with van der Waals surface area (Å²) in [6.07, 6.45) is 3.89. The highest BCUT2D eigenvalue weighted by molar-refractivity contribution is 5.78. The maximum absolute atomic E-state index is 11.2. The zero-order chi connectivity index (χ0) is 13.8. The Morgan fingerprint density at radius 2 is 2.11 bits per heavy atom. The van der Waals surface area contributed by atoms with E-state index in [-0.39, 0.29) is 5.78 Å². The van der Waals surface area contributed by atoms with Crippen LogP contribution >= 0.6 is 0 Å². The molecule has 0 spiro atoms. The van der Waals surface area contributed by atoms with Crippen molar-refractivity contribution in [2.75, 3.05) is 7.11 Å². The summed E-state index contributed by atoms with van der Waals surface area (Å²) in [4.78, 5) is 19.7. The van der Waals surface area contributed by atoms with Crippen LogP contribution < -0.4 is 4.74 Å². The van der Waals surface area contributed by atoms with Crippen LogP contribution in [0.2, 0.25) is 0 Å². The zero-order valence-electron chi connectivity index (χ0n) is 11.3. The van der Waals surface area contributed by atoms with E-state index < -0.39 is 0 Å². The minimum atomic E-state index is 0.140. The lowest BCUT2D eigenvalue weighted by atomic mass is 10.0. The Morgan fingerprint density at radius 1 is 1.32 bits per heavy atom. The van der Waals surface area contributed by atoms with E-state index in [0.29, 0.717) is 12.3 Å². The summed E-state index contributed by atoms with van der Waals surface area (Å²) in [6, 6.07) is 5.66. The van der Waals surface area contributed by atoms with E-state index in [1.807, 2.05) is 25.1 Å². The first-order valence-electron chi connectivity index (χ1n) is 6.05. The van der Waals surface area contributed by atoms with Crippen molar-refractivity contribution in [1.82, 2.24) is 9.97 Å². The van der Waals surface area contributed by atoms with Crippen LogP contribution in [0.1, 0.15) is 18.1 Å². The Kier molecular flexibility index (Phi) is 3.90. The predicted octanol–water partition coefficient (Wildman–Crippen LogP) is 2.59. The Balaban J connectivity index is 2.38. The van der Waals surface area contributed by atoms with Crippen LogP contribution in [0.4, 0.5) is 0 Å². The first kappa shape index (κ1) is 13.2. The van der Waals surface area contributed by atoms with E-state index in [9.17, 15) is 4.79 Å². The van der Waals surface area contributed by atoms with E-state index in [1.165, 1.54) is 0 Å². The molecule has 0 N–H and O–H groups in total. The quantitative estimate of drug-likeness (QED) is 0.843. The van der Waals surface area contributed by atoms with Crippen molar-refractivity contribution in [1.29, 1.82) is 0 Å². The van der Waals surface area contributed by atoms with Crippen LogP contribution in [0.5, 0.6) is 5.88 Å². The van der Waals surface area contributed by atoms with E-state index in [1.54, 1.807) is 26.4 Å². The average Bonchev–Trinajstić information content (AvgIpc) is 2.38. The van der Waals surface area contributed by atoms with Gasteiger partial charge in [-0.15, -0.1) is 0 Å². The molecule has 4 nitrogen and oxygen atoms in total. The Hall–Kier alpha value is -2.23. The summed E-state index contributed by atoms with van der Waals surface area (Å²) in [5.74, 6) is 0.725. The van der Waals surface area contributed by atoms with Gasteiger partial charge in [-0.05, 0) is 37.1 Å². The minimum Gasteiger partial charge on any atom is -0.481 e. The highest BCUT2D eigenvalue weighted by atomic mass is 16.5. The number of ether oxygens (including phenoxy) is 1. The molecule has 0 aliphatic heterocycles. The molecule has 0 atom stereocenters. The molecule has 0 aliphatic rings. The second-order valence-corrected chi connectivity index (χ2v) is 4.47. The summed E-state index contributed by atoms with van der Waals surface area (Å²) in [5.41, 5.74) is 3.78. The number of hydrogen-bond donors (Lipinski definition) is 0. The van der Waals surface area contributed by atoms with Gasteiger partial charge in [-0.3, -0.25) is 9.78 Å². The van der Waals surface area contributed by atoms with E-state index in [4.69, 9.17) is 4.74 Å². The van der Waals surface area contributed by atoms with Crippen molar-refractivity contribution in [2.45, 2.75) is 20.3 Å². The van der Waals surface area contributed by atoms with Crippen molar-refractivity contribution in [3.8, 4) is 17.1 Å².